The third-order valence-corrected chi connectivity index (χ3v) is 4.72. The zero-order chi connectivity index (χ0) is 12.4. The predicted molar refractivity (Wildman–Crippen MR) is 78.0 cm³/mol. The first-order chi connectivity index (χ1) is 8.33. The highest BCUT2D eigenvalue weighted by molar-refractivity contribution is 14.1. The Morgan fingerprint density at radius 1 is 0.941 bits per heavy atom. The second-order valence-corrected chi connectivity index (χ2v) is 5.45. The Hall–Kier alpha value is 0.610. The second kappa shape index (κ2) is 9.53. The molecule has 0 aromatic carbocycles. The van der Waals surface area contributed by atoms with Crippen molar-refractivity contribution in [2.75, 3.05) is 38.0 Å². The van der Waals surface area contributed by atoms with Crippen LogP contribution in [-0.4, -0.2) is 43.6 Å². The SMILES string of the molecule is COCCOCCOC1(CI)CCCCCC1. The molecule has 0 aromatic rings. The Kier molecular flexibility index (Phi) is 8.78. The van der Waals surface area contributed by atoms with Crippen molar-refractivity contribution >= 4 is 22.6 Å². The molecule has 0 aliphatic heterocycles. The molecule has 1 rings (SSSR count). The van der Waals surface area contributed by atoms with Crippen LogP contribution in [0.25, 0.3) is 0 Å². The van der Waals surface area contributed by atoms with Crippen molar-refractivity contribution in [3.8, 4) is 0 Å². The summed E-state index contributed by atoms with van der Waals surface area (Å²) in [6, 6.07) is 0. The molecule has 102 valence electrons. The first-order valence-corrected chi connectivity index (χ1v) is 8.12. The molecular formula is C13H25IO3. The van der Waals surface area contributed by atoms with Gasteiger partial charge >= 0.3 is 0 Å². The minimum absolute atomic E-state index is 0.127. The van der Waals surface area contributed by atoms with Crippen LogP contribution >= 0.6 is 22.6 Å². The molecule has 0 amide bonds. The van der Waals surface area contributed by atoms with Gasteiger partial charge in [0, 0.05) is 11.5 Å². The quantitative estimate of drug-likeness (QED) is 0.289. The minimum Gasteiger partial charge on any atom is -0.382 e. The van der Waals surface area contributed by atoms with Crippen molar-refractivity contribution in [2.24, 2.45) is 0 Å². The molecule has 1 aliphatic rings. The monoisotopic (exact) mass is 356 g/mol. The van der Waals surface area contributed by atoms with Gasteiger partial charge in [-0.25, -0.2) is 0 Å². The molecule has 1 fully saturated rings. The number of hydrogen-bond donors (Lipinski definition) is 0. The average Bonchev–Trinajstić information content (AvgIpc) is 2.60. The van der Waals surface area contributed by atoms with E-state index in [9.17, 15) is 0 Å². The van der Waals surface area contributed by atoms with Gasteiger partial charge in [0.05, 0.1) is 32.0 Å². The summed E-state index contributed by atoms with van der Waals surface area (Å²) in [5.74, 6) is 0. The lowest BCUT2D eigenvalue weighted by molar-refractivity contribution is -0.0634. The number of alkyl halides is 1. The maximum atomic E-state index is 6.11. The summed E-state index contributed by atoms with van der Waals surface area (Å²) in [6.07, 6.45) is 7.79. The number of hydrogen-bond acceptors (Lipinski definition) is 3. The van der Waals surface area contributed by atoms with E-state index in [1.54, 1.807) is 7.11 Å². The van der Waals surface area contributed by atoms with Crippen LogP contribution in [0.3, 0.4) is 0 Å². The Labute approximate surface area is 119 Å². The van der Waals surface area contributed by atoms with Crippen molar-refractivity contribution in [1.82, 2.24) is 0 Å². The summed E-state index contributed by atoms with van der Waals surface area (Å²) in [7, 11) is 1.69. The highest BCUT2D eigenvalue weighted by atomic mass is 127. The molecule has 0 spiro atoms. The van der Waals surface area contributed by atoms with E-state index in [2.05, 4.69) is 22.6 Å². The Morgan fingerprint density at radius 2 is 1.59 bits per heavy atom. The standard InChI is InChI=1S/C13H25IO3/c1-15-8-9-16-10-11-17-13(12-14)6-4-2-3-5-7-13/h2-12H2,1H3. The van der Waals surface area contributed by atoms with E-state index in [1.807, 2.05) is 0 Å². The molecule has 0 radical (unpaired) electrons. The lowest BCUT2D eigenvalue weighted by Gasteiger charge is -2.31. The molecular weight excluding hydrogens is 331 g/mol. The van der Waals surface area contributed by atoms with Crippen LogP contribution < -0.4 is 0 Å². The Morgan fingerprint density at radius 3 is 2.18 bits per heavy atom. The summed E-state index contributed by atoms with van der Waals surface area (Å²) >= 11 is 2.47. The minimum atomic E-state index is 0.127. The highest BCUT2D eigenvalue weighted by Gasteiger charge is 2.30. The molecule has 4 heteroatoms. The summed E-state index contributed by atoms with van der Waals surface area (Å²) in [4.78, 5) is 0. The van der Waals surface area contributed by atoms with Crippen LogP contribution in [0.15, 0.2) is 0 Å². The molecule has 0 saturated heterocycles. The van der Waals surface area contributed by atoms with Crippen molar-refractivity contribution in [3.63, 3.8) is 0 Å². The lowest BCUT2D eigenvalue weighted by Crippen LogP contribution is -2.35. The lowest BCUT2D eigenvalue weighted by atomic mass is 9.97. The maximum absolute atomic E-state index is 6.11. The van der Waals surface area contributed by atoms with E-state index < -0.39 is 0 Å². The molecule has 0 atom stereocenters. The number of halogens is 1. The van der Waals surface area contributed by atoms with E-state index in [-0.39, 0.29) is 5.60 Å². The van der Waals surface area contributed by atoms with E-state index in [1.165, 1.54) is 38.5 Å². The van der Waals surface area contributed by atoms with E-state index in [0.29, 0.717) is 26.4 Å². The van der Waals surface area contributed by atoms with Crippen LogP contribution in [0.5, 0.6) is 0 Å². The molecule has 0 aromatic heterocycles. The second-order valence-electron chi connectivity index (χ2n) is 4.68. The molecule has 1 aliphatic carbocycles. The normalized spacial score (nSPS) is 20.1. The highest BCUT2D eigenvalue weighted by Crippen LogP contribution is 2.32. The summed E-state index contributed by atoms with van der Waals surface area (Å²) in [5, 5.41) is 0. The molecule has 0 unspecified atom stereocenters. The molecule has 0 bridgehead atoms. The summed E-state index contributed by atoms with van der Waals surface area (Å²) in [6.45, 7) is 2.73. The predicted octanol–water partition coefficient (Wildman–Crippen LogP) is 3.19. The van der Waals surface area contributed by atoms with Gasteiger partial charge in [-0.05, 0) is 12.8 Å². The molecule has 3 nitrogen and oxygen atoms in total. The summed E-state index contributed by atoms with van der Waals surface area (Å²) < 4.78 is 17.6. The molecule has 0 N–H and O–H groups in total. The zero-order valence-electron chi connectivity index (χ0n) is 10.9. The fraction of sp³-hybridized carbons (Fsp3) is 1.00. The number of rotatable bonds is 8. The van der Waals surface area contributed by atoms with Crippen LogP contribution in [0.4, 0.5) is 0 Å². The van der Waals surface area contributed by atoms with Crippen LogP contribution in [0.2, 0.25) is 0 Å². The van der Waals surface area contributed by atoms with Crippen molar-refractivity contribution in [2.45, 2.75) is 44.1 Å². The molecule has 1 saturated carbocycles. The number of ether oxygens (including phenoxy) is 3. The van der Waals surface area contributed by atoms with Gasteiger partial charge in [-0.3, -0.25) is 0 Å². The van der Waals surface area contributed by atoms with Crippen LogP contribution in [-0.2, 0) is 14.2 Å². The van der Waals surface area contributed by atoms with Gasteiger partial charge in [-0.2, -0.15) is 0 Å². The van der Waals surface area contributed by atoms with Gasteiger partial charge in [0.15, 0.2) is 0 Å². The van der Waals surface area contributed by atoms with Gasteiger partial charge < -0.3 is 14.2 Å². The van der Waals surface area contributed by atoms with Gasteiger partial charge in [-0.1, -0.05) is 48.3 Å². The third-order valence-electron chi connectivity index (χ3n) is 3.33. The zero-order valence-corrected chi connectivity index (χ0v) is 13.0. The molecule has 0 heterocycles. The Bertz CT molecular complexity index is 180. The smallest absolute Gasteiger partial charge is 0.0772 e. The largest absolute Gasteiger partial charge is 0.382 e. The van der Waals surface area contributed by atoms with Crippen molar-refractivity contribution in [1.29, 1.82) is 0 Å². The van der Waals surface area contributed by atoms with E-state index in [0.717, 1.165) is 4.43 Å². The van der Waals surface area contributed by atoms with E-state index in [4.69, 9.17) is 14.2 Å². The van der Waals surface area contributed by atoms with Gasteiger partial charge in [0.2, 0.25) is 0 Å². The van der Waals surface area contributed by atoms with Gasteiger partial charge in [0.1, 0.15) is 0 Å². The van der Waals surface area contributed by atoms with Crippen LogP contribution in [0.1, 0.15) is 38.5 Å². The van der Waals surface area contributed by atoms with Crippen molar-refractivity contribution < 1.29 is 14.2 Å². The first kappa shape index (κ1) is 15.7. The Balaban J connectivity index is 2.16. The fourth-order valence-electron chi connectivity index (χ4n) is 2.25. The van der Waals surface area contributed by atoms with Gasteiger partial charge in [-0.15, -0.1) is 0 Å². The number of methoxy groups -OCH3 is 1. The topological polar surface area (TPSA) is 27.7 Å². The van der Waals surface area contributed by atoms with Crippen molar-refractivity contribution in [3.05, 3.63) is 0 Å². The molecule has 17 heavy (non-hydrogen) atoms. The summed E-state index contributed by atoms with van der Waals surface area (Å²) in [5.41, 5.74) is 0.127. The van der Waals surface area contributed by atoms with E-state index >= 15 is 0 Å². The third kappa shape index (κ3) is 6.36. The van der Waals surface area contributed by atoms with Crippen LogP contribution in [0, 0.1) is 0 Å². The first-order valence-electron chi connectivity index (χ1n) is 6.59. The fourth-order valence-corrected chi connectivity index (χ4v) is 3.23. The average molecular weight is 356 g/mol. The van der Waals surface area contributed by atoms with Gasteiger partial charge in [0.25, 0.3) is 0 Å². The maximum Gasteiger partial charge on any atom is 0.0772 e.